The maximum absolute atomic E-state index is 5.11. The smallest absolute Gasteiger partial charge is 0.0753 e. The highest BCUT2D eigenvalue weighted by molar-refractivity contribution is 9.10. The lowest BCUT2D eigenvalue weighted by Crippen LogP contribution is -2.05. The summed E-state index contributed by atoms with van der Waals surface area (Å²) in [5.41, 5.74) is 2.55. The molecule has 0 radical (unpaired) electrons. The molecule has 0 amide bonds. The van der Waals surface area contributed by atoms with Crippen molar-refractivity contribution in [1.82, 2.24) is 5.32 Å². The summed E-state index contributed by atoms with van der Waals surface area (Å²) in [7, 11) is 3.67. The van der Waals surface area contributed by atoms with Crippen LogP contribution in [-0.2, 0) is 11.3 Å². The predicted octanol–water partition coefficient (Wildman–Crippen LogP) is 5.74. The van der Waals surface area contributed by atoms with Gasteiger partial charge in [-0.05, 0) is 51.1 Å². The molecule has 0 aromatic heterocycles. The first-order valence-electron chi connectivity index (χ1n) is 7.76. The summed E-state index contributed by atoms with van der Waals surface area (Å²) in [5.74, 6) is 0. The van der Waals surface area contributed by atoms with Gasteiger partial charge in [-0.25, -0.2) is 0 Å². The van der Waals surface area contributed by atoms with Gasteiger partial charge in [-0.1, -0.05) is 60.1 Å². The molecule has 0 fully saturated rings. The second kappa shape index (κ2) is 16.5. The van der Waals surface area contributed by atoms with Crippen molar-refractivity contribution in [2.45, 2.75) is 47.3 Å². The van der Waals surface area contributed by atoms with E-state index in [0.29, 0.717) is 0 Å². The Hall–Kier alpha value is -0.900. The quantitative estimate of drug-likeness (QED) is 0.668. The SMILES string of the molecule is C/C=C\C=C(/C)C(C)OC.CC.CNCc1cccc(Br)c1. The van der Waals surface area contributed by atoms with E-state index in [1.54, 1.807) is 7.11 Å². The van der Waals surface area contributed by atoms with Gasteiger partial charge in [0.25, 0.3) is 0 Å². The molecule has 1 aromatic rings. The molecule has 22 heavy (non-hydrogen) atoms. The van der Waals surface area contributed by atoms with Crippen LogP contribution in [0.25, 0.3) is 0 Å². The maximum Gasteiger partial charge on any atom is 0.0753 e. The Kier molecular flexibility index (Phi) is 17.5. The lowest BCUT2D eigenvalue weighted by atomic mass is 10.2. The zero-order chi connectivity index (χ0) is 17.4. The van der Waals surface area contributed by atoms with Gasteiger partial charge in [0.15, 0.2) is 0 Å². The van der Waals surface area contributed by atoms with Crippen LogP contribution in [-0.4, -0.2) is 20.3 Å². The first kappa shape index (κ1) is 23.4. The van der Waals surface area contributed by atoms with Gasteiger partial charge in [0, 0.05) is 18.1 Å². The average Bonchev–Trinajstić information content (AvgIpc) is 2.54. The van der Waals surface area contributed by atoms with E-state index < -0.39 is 0 Å². The van der Waals surface area contributed by atoms with Crippen LogP contribution in [0, 0.1) is 0 Å². The van der Waals surface area contributed by atoms with E-state index in [1.807, 2.05) is 59.0 Å². The number of methoxy groups -OCH3 is 1. The summed E-state index contributed by atoms with van der Waals surface area (Å²) in [4.78, 5) is 0. The Bertz CT molecular complexity index is 427. The average molecular weight is 370 g/mol. The Morgan fingerprint density at radius 3 is 2.45 bits per heavy atom. The standard InChI is InChI=1S/C9H16O.C8H10BrN.C2H6/c1-5-6-7-8(2)9(3)10-4;1-10-6-7-3-2-4-8(9)5-7;1-2/h5-7,9H,1-4H3;2-5,10H,6H2,1H3;1-2H3/b6-5-,8-7+;;. The highest BCUT2D eigenvalue weighted by Gasteiger charge is 1.98. The molecule has 1 atom stereocenters. The van der Waals surface area contributed by atoms with Crippen LogP contribution < -0.4 is 5.32 Å². The van der Waals surface area contributed by atoms with Gasteiger partial charge in [0.1, 0.15) is 0 Å². The van der Waals surface area contributed by atoms with Crippen molar-refractivity contribution in [3.8, 4) is 0 Å². The van der Waals surface area contributed by atoms with E-state index in [9.17, 15) is 0 Å². The zero-order valence-electron chi connectivity index (χ0n) is 15.1. The fourth-order valence-corrected chi connectivity index (χ4v) is 1.87. The molecule has 0 saturated carbocycles. The van der Waals surface area contributed by atoms with Crippen molar-refractivity contribution in [2.75, 3.05) is 14.2 Å². The number of halogens is 1. The van der Waals surface area contributed by atoms with Gasteiger partial charge in [-0.3, -0.25) is 0 Å². The van der Waals surface area contributed by atoms with E-state index in [1.165, 1.54) is 11.1 Å². The number of allylic oxidation sites excluding steroid dienone is 3. The fourth-order valence-electron chi connectivity index (χ4n) is 1.42. The third kappa shape index (κ3) is 12.8. The maximum atomic E-state index is 5.11. The van der Waals surface area contributed by atoms with Crippen LogP contribution in [0.3, 0.4) is 0 Å². The van der Waals surface area contributed by atoms with Gasteiger partial charge in [-0.2, -0.15) is 0 Å². The van der Waals surface area contributed by atoms with E-state index in [2.05, 4.69) is 46.4 Å². The Morgan fingerprint density at radius 2 is 2.00 bits per heavy atom. The van der Waals surface area contributed by atoms with Crippen LogP contribution >= 0.6 is 15.9 Å². The van der Waals surface area contributed by atoms with E-state index in [0.717, 1.165) is 11.0 Å². The van der Waals surface area contributed by atoms with Gasteiger partial charge < -0.3 is 10.1 Å². The minimum atomic E-state index is 0.233. The molecule has 1 rings (SSSR count). The van der Waals surface area contributed by atoms with Crippen LogP contribution in [0.15, 0.2) is 52.5 Å². The van der Waals surface area contributed by atoms with Crippen LogP contribution in [0.5, 0.6) is 0 Å². The third-order valence-electron chi connectivity index (χ3n) is 2.82. The predicted molar refractivity (Wildman–Crippen MR) is 103 cm³/mol. The molecule has 1 N–H and O–H groups in total. The van der Waals surface area contributed by atoms with Gasteiger partial charge in [0.2, 0.25) is 0 Å². The third-order valence-corrected chi connectivity index (χ3v) is 3.31. The van der Waals surface area contributed by atoms with Gasteiger partial charge >= 0.3 is 0 Å². The molecule has 1 unspecified atom stereocenters. The van der Waals surface area contributed by atoms with E-state index in [-0.39, 0.29) is 6.10 Å². The largest absolute Gasteiger partial charge is 0.377 e. The van der Waals surface area contributed by atoms with Crippen molar-refractivity contribution in [1.29, 1.82) is 0 Å². The summed E-state index contributed by atoms with van der Waals surface area (Å²) >= 11 is 3.40. The summed E-state index contributed by atoms with van der Waals surface area (Å²) in [6, 6.07) is 8.27. The number of nitrogens with one attached hydrogen (secondary N) is 1. The molecule has 0 aliphatic carbocycles. The highest BCUT2D eigenvalue weighted by atomic mass is 79.9. The fraction of sp³-hybridized carbons (Fsp3) is 0.474. The molecule has 0 spiro atoms. The molecule has 0 saturated heterocycles. The first-order valence-corrected chi connectivity index (χ1v) is 8.55. The topological polar surface area (TPSA) is 21.3 Å². The lowest BCUT2D eigenvalue weighted by molar-refractivity contribution is 0.147. The summed E-state index contributed by atoms with van der Waals surface area (Å²) in [6.07, 6.45) is 6.32. The minimum Gasteiger partial charge on any atom is -0.377 e. The molecular weight excluding hydrogens is 338 g/mol. The number of hydrogen-bond donors (Lipinski definition) is 1. The van der Waals surface area contributed by atoms with Crippen molar-refractivity contribution < 1.29 is 4.74 Å². The van der Waals surface area contributed by atoms with Crippen molar-refractivity contribution in [3.05, 3.63) is 58.1 Å². The molecular formula is C19H32BrNO. The van der Waals surface area contributed by atoms with E-state index >= 15 is 0 Å². The molecule has 2 nitrogen and oxygen atoms in total. The molecule has 0 bridgehead atoms. The Labute approximate surface area is 145 Å². The summed E-state index contributed by atoms with van der Waals surface area (Å²) < 4.78 is 6.25. The summed E-state index contributed by atoms with van der Waals surface area (Å²) in [6.45, 7) is 11.0. The Balaban J connectivity index is 0. The number of benzene rings is 1. The van der Waals surface area contributed by atoms with Gasteiger partial charge in [-0.15, -0.1) is 0 Å². The molecule has 0 heterocycles. The monoisotopic (exact) mass is 369 g/mol. The molecule has 126 valence electrons. The number of ether oxygens (including phenoxy) is 1. The van der Waals surface area contributed by atoms with Gasteiger partial charge in [0.05, 0.1) is 6.10 Å². The molecule has 0 aliphatic heterocycles. The van der Waals surface area contributed by atoms with E-state index in [4.69, 9.17) is 4.74 Å². The normalized spacial score (nSPS) is 12.1. The molecule has 3 heteroatoms. The number of rotatable bonds is 5. The van der Waals surface area contributed by atoms with Crippen molar-refractivity contribution in [2.24, 2.45) is 0 Å². The minimum absolute atomic E-state index is 0.233. The zero-order valence-corrected chi connectivity index (χ0v) is 16.7. The second-order valence-corrected chi connectivity index (χ2v) is 5.39. The highest BCUT2D eigenvalue weighted by Crippen LogP contribution is 2.10. The Morgan fingerprint density at radius 1 is 1.36 bits per heavy atom. The number of hydrogen-bond acceptors (Lipinski definition) is 2. The summed E-state index contributed by atoms with van der Waals surface area (Å²) in [5, 5.41) is 3.09. The van der Waals surface area contributed by atoms with Crippen LogP contribution in [0.2, 0.25) is 0 Å². The first-order chi connectivity index (χ1) is 10.5. The van der Waals surface area contributed by atoms with Crippen LogP contribution in [0.1, 0.15) is 40.2 Å². The second-order valence-electron chi connectivity index (χ2n) is 4.47. The van der Waals surface area contributed by atoms with Crippen molar-refractivity contribution >= 4 is 15.9 Å². The van der Waals surface area contributed by atoms with Crippen molar-refractivity contribution in [3.63, 3.8) is 0 Å². The van der Waals surface area contributed by atoms with Crippen LogP contribution in [0.4, 0.5) is 0 Å². The lowest BCUT2D eigenvalue weighted by Gasteiger charge is -2.07. The molecule has 0 aliphatic rings. The molecule has 1 aromatic carbocycles.